The molecule has 1 N–H and O–H groups in total. The largest absolute Gasteiger partial charge is 0.428 e. The number of sulfonamides is 1. The van der Waals surface area contributed by atoms with Crippen LogP contribution in [0.2, 0.25) is 0 Å². The first-order chi connectivity index (χ1) is 11.9. The molecule has 0 amide bonds. The van der Waals surface area contributed by atoms with E-state index < -0.39 is 51.6 Å². The maximum atomic E-state index is 14.1. The summed E-state index contributed by atoms with van der Waals surface area (Å²) >= 11 is -1.63. The highest BCUT2D eigenvalue weighted by Crippen LogP contribution is 2.54. The van der Waals surface area contributed by atoms with E-state index in [4.69, 9.17) is 5.26 Å². The highest BCUT2D eigenvalue weighted by molar-refractivity contribution is 7.95. The summed E-state index contributed by atoms with van der Waals surface area (Å²) < 4.78 is 110. The first-order valence-electron chi connectivity index (χ1n) is 7.67. The Morgan fingerprint density at radius 2 is 1.58 bits per heavy atom. The zero-order valence-corrected chi connectivity index (χ0v) is 14.8. The van der Waals surface area contributed by atoms with Crippen molar-refractivity contribution >= 4 is 22.1 Å². The Morgan fingerprint density at radius 1 is 1.00 bits per heavy atom. The van der Waals surface area contributed by atoms with Crippen molar-refractivity contribution in [1.29, 1.82) is 0 Å². The zero-order chi connectivity index (χ0) is 19.8. The molecule has 1 heterocycles. The lowest BCUT2D eigenvalue weighted by molar-refractivity contribution is -0.434. The summed E-state index contributed by atoms with van der Waals surface area (Å²) in [5.41, 5.74) is 0. The second kappa shape index (κ2) is 7.62. The fraction of sp³-hybridized carbons (Fsp3) is 1.00. The minimum Gasteiger partial charge on any atom is -0.220 e. The molecule has 2 unspecified atom stereocenters. The van der Waals surface area contributed by atoms with Crippen LogP contribution in [-0.4, -0.2) is 47.5 Å². The molecule has 2 fully saturated rings. The van der Waals surface area contributed by atoms with Gasteiger partial charge in [0, 0.05) is 13.1 Å². The molecule has 2 rings (SSSR count). The molecule has 6 nitrogen and oxygen atoms in total. The molecule has 1 saturated heterocycles. The average Bonchev–Trinajstić information content (AvgIpc) is 2.59. The van der Waals surface area contributed by atoms with Gasteiger partial charge in [-0.25, -0.2) is 13.7 Å². The first-order valence-corrected chi connectivity index (χ1v) is 9.85. The zero-order valence-electron chi connectivity index (χ0n) is 13.2. The maximum Gasteiger partial charge on any atom is 0.428 e. The van der Waals surface area contributed by atoms with Crippen LogP contribution in [0.25, 0.3) is 0 Å². The molecule has 0 aromatic rings. The van der Waals surface area contributed by atoms with E-state index in [2.05, 4.69) is 9.37 Å². The van der Waals surface area contributed by atoms with Gasteiger partial charge in [-0.3, -0.25) is 0 Å². The summed E-state index contributed by atoms with van der Waals surface area (Å²) in [5.74, 6) is -6.49. The van der Waals surface area contributed by atoms with E-state index in [1.54, 1.807) is 0 Å². The standard InChI is InChI=1S/C12H17F6NO5S2/c13-10(14,11(15,16)25-24-23-20)12(17,18)26(21,22)19-6-5-8-3-1-2-4-9(8)7-19/h8-9,20H,1-7H2. The van der Waals surface area contributed by atoms with Gasteiger partial charge in [0.15, 0.2) is 0 Å². The lowest BCUT2D eigenvalue weighted by atomic mass is 9.76. The number of piperidine rings is 1. The number of nitrogens with zero attached hydrogens (tertiary/aromatic N) is 1. The molecule has 1 saturated carbocycles. The summed E-state index contributed by atoms with van der Waals surface area (Å²) in [4.78, 5) is 0. The molecule has 0 radical (unpaired) electrons. The third-order valence-corrected chi connectivity index (χ3v) is 7.33. The molecule has 2 atom stereocenters. The number of rotatable bonds is 7. The first kappa shape index (κ1) is 22.0. The number of hydrogen-bond acceptors (Lipinski definition) is 6. The van der Waals surface area contributed by atoms with Crippen molar-refractivity contribution < 1.29 is 49.4 Å². The van der Waals surface area contributed by atoms with Gasteiger partial charge in [-0.15, -0.1) is 4.33 Å². The smallest absolute Gasteiger partial charge is 0.220 e. The van der Waals surface area contributed by atoms with Gasteiger partial charge < -0.3 is 0 Å². The summed E-state index contributed by atoms with van der Waals surface area (Å²) in [7, 11) is -6.08. The molecule has 1 aliphatic heterocycles. The molecule has 0 spiro atoms. The van der Waals surface area contributed by atoms with Gasteiger partial charge >= 0.3 is 16.4 Å². The molecule has 0 aromatic carbocycles. The molecule has 0 bridgehead atoms. The second-order valence-corrected chi connectivity index (χ2v) is 9.08. The molecular weight excluding hydrogens is 416 g/mol. The molecule has 154 valence electrons. The average molecular weight is 433 g/mol. The Balaban J connectivity index is 2.25. The van der Waals surface area contributed by atoms with Gasteiger partial charge in [0.05, 0.1) is 0 Å². The third kappa shape index (κ3) is 3.68. The van der Waals surface area contributed by atoms with Crippen LogP contribution in [0.15, 0.2) is 0 Å². The summed E-state index contributed by atoms with van der Waals surface area (Å²) in [6.45, 7) is -0.849. The van der Waals surface area contributed by atoms with Crippen molar-refractivity contribution in [2.45, 2.75) is 48.5 Å². The van der Waals surface area contributed by atoms with E-state index in [1.165, 1.54) is 0 Å². The monoisotopic (exact) mass is 433 g/mol. The van der Waals surface area contributed by atoms with Crippen LogP contribution in [0, 0.1) is 11.8 Å². The van der Waals surface area contributed by atoms with Crippen LogP contribution < -0.4 is 0 Å². The number of alkyl halides is 6. The van der Waals surface area contributed by atoms with Crippen LogP contribution >= 0.6 is 12.0 Å². The van der Waals surface area contributed by atoms with Gasteiger partial charge in [-0.2, -0.15) is 30.6 Å². The van der Waals surface area contributed by atoms with Crippen molar-refractivity contribution in [2.24, 2.45) is 11.8 Å². The fourth-order valence-corrected chi connectivity index (χ4v) is 5.31. The Labute approximate surface area is 149 Å². The Hall–Kier alpha value is -0.280. The third-order valence-electron chi connectivity index (χ3n) is 4.82. The van der Waals surface area contributed by atoms with Gasteiger partial charge in [-0.1, -0.05) is 24.3 Å². The fourth-order valence-electron chi connectivity index (χ4n) is 3.39. The molecular formula is C12H17F6NO5S2. The van der Waals surface area contributed by atoms with Crippen LogP contribution in [0.4, 0.5) is 26.3 Å². The van der Waals surface area contributed by atoms with E-state index in [9.17, 15) is 34.8 Å². The summed E-state index contributed by atoms with van der Waals surface area (Å²) in [5, 5.41) is -1.37. The molecule has 14 heteroatoms. The molecule has 2 aliphatic rings. The van der Waals surface area contributed by atoms with Crippen molar-refractivity contribution in [3.63, 3.8) is 0 Å². The quantitative estimate of drug-likeness (QED) is 0.286. The number of hydrogen-bond donors (Lipinski definition) is 1. The van der Waals surface area contributed by atoms with E-state index >= 15 is 0 Å². The van der Waals surface area contributed by atoms with E-state index in [-0.39, 0.29) is 22.6 Å². The molecule has 1 aliphatic carbocycles. The van der Waals surface area contributed by atoms with E-state index in [0.717, 1.165) is 19.3 Å². The normalized spacial score (nSPS) is 26.6. The topological polar surface area (TPSA) is 76.1 Å². The van der Waals surface area contributed by atoms with Gasteiger partial charge in [-0.05, 0) is 24.7 Å². The van der Waals surface area contributed by atoms with Crippen molar-refractivity contribution in [3.8, 4) is 0 Å². The second-order valence-electron chi connectivity index (χ2n) is 6.29. The van der Waals surface area contributed by atoms with Crippen molar-refractivity contribution in [3.05, 3.63) is 0 Å². The van der Waals surface area contributed by atoms with Crippen LogP contribution in [0.3, 0.4) is 0 Å². The lowest BCUT2D eigenvalue weighted by Gasteiger charge is -2.42. The summed E-state index contributed by atoms with van der Waals surface area (Å²) in [6, 6.07) is 0. The number of halogens is 6. The minimum atomic E-state index is -6.33. The van der Waals surface area contributed by atoms with Crippen LogP contribution in [-0.2, 0) is 19.4 Å². The number of fused-ring (bicyclic) bond motifs is 1. The van der Waals surface area contributed by atoms with Crippen molar-refractivity contribution in [1.82, 2.24) is 4.31 Å². The van der Waals surface area contributed by atoms with Gasteiger partial charge in [0.2, 0.25) is 0 Å². The van der Waals surface area contributed by atoms with Gasteiger partial charge in [0.1, 0.15) is 12.0 Å². The highest BCUT2D eigenvalue weighted by atomic mass is 32.2. The lowest BCUT2D eigenvalue weighted by Crippen LogP contribution is -2.61. The van der Waals surface area contributed by atoms with Crippen molar-refractivity contribution in [2.75, 3.05) is 13.1 Å². The minimum absolute atomic E-state index is 0.108. The molecule has 0 aromatic heterocycles. The van der Waals surface area contributed by atoms with Gasteiger partial charge in [0.25, 0.3) is 10.0 Å². The van der Waals surface area contributed by atoms with Crippen LogP contribution in [0.5, 0.6) is 0 Å². The molecule has 26 heavy (non-hydrogen) atoms. The Morgan fingerprint density at radius 3 is 2.15 bits per heavy atom. The Kier molecular flexibility index (Phi) is 6.45. The van der Waals surface area contributed by atoms with E-state index in [1.807, 2.05) is 0 Å². The summed E-state index contributed by atoms with van der Waals surface area (Å²) in [6.07, 6.45) is 3.23. The maximum absolute atomic E-state index is 14.1. The SMILES string of the molecule is O=S(=O)(N1CCC2CCCCC2C1)C(F)(F)C(F)(F)C(F)(F)SOOO. The van der Waals surface area contributed by atoms with E-state index in [0.29, 0.717) is 6.42 Å². The predicted octanol–water partition coefficient (Wildman–Crippen LogP) is 3.72. The predicted molar refractivity (Wildman–Crippen MR) is 77.8 cm³/mol. The highest BCUT2D eigenvalue weighted by Gasteiger charge is 2.79. The van der Waals surface area contributed by atoms with Crippen LogP contribution in [0.1, 0.15) is 32.1 Å². The Bertz CT molecular complexity index is 605.